The number of imidazole rings is 1. The van der Waals surface area contributed by atoms with Crippen molar-refractivity contribution in [1.29, 1.82) is 0 Å². The summed E-state index contributed by atoms with van der Waals surface area (Å²) in [6.45, 7) is 0.944. The van der Waals surface area contributed by atoms with Gasteiger partial charge in [-0.25, -0.2) is 4.98 Å². The second-order valence-corrected chi connectivity index (χ2v) is 4.26. The van der Waals surface area contributed by atoms with Crippen LogP contribution in [0.4, 0.5) is 5.82 Å². The summed E-state index contributed by atoms with van der Waals surface area (Å²) in [5, 5.41) is 0.895. The monoisotopic (exact) mass is 236 g/mol. The molecule has 3 nitrogen and oxygen atoms in total. The highest BCUT2D eigenvalue weighted by Crippen LogP contribution is 2.08. The zero-order valence-electron chi connectivity index (χ0n) is 8.97. The van der Waals surface area contributed by atoms with Gasteiger partial charge in [-0.3, -0.25) is 0 Å². The Balaban J connectivity index is 1.82. The van der Waals surface area contributed by atoms with Gasteiger partial charge in [-0.05, 0) is 18.4 Å². The summed E-state index contributed by atoms with van der Waals surface area (Å²) in [6, 6.07) is 8.12. The van der Waals surface area contributed by atoms with E-state index in [1.165, 1.54) is 5.56 Å². The third-order valence-electron chi connectivity index (χ3n) is 2.46. The minimum absolute atomic E-state index is 0.579. The highest BCUT2D eigenvalue weighted by atomic mass is 35.5. The average Bonchev–Trinajstić information content (AvgIpc) is 2.67. The number of hydrogen-bond acceptors (Lipinski definition) is 2. The maximum atomic E-state index is 5.53. The van der Waals surface area contributed by atoms with Gasteiger partial charge in [0.2, 0.25) is 5.02 Å². The lowest BCUT2D eigenvalue weighted by atomic mass is 10.1. The van der Waals surface area contributed by atoms with E-state index in [4.69, 9.17) is 17.3 Å². The molecule has 16 heavy (non-hydrogen) atoms. The summed E-state index contributed by atoms with van der Waals surface area (Å²) >= 11 is 5.04. The smallest absolute Gasteiger partial charge is 0.225 e. The third kappa shape index (κ3) is 3.00. The molecule has 0 spiro atoms. The van der Waals surface area contributed by atoms with Crippen LogP contribution in [-0.2, 0) is 13.0 Å². The number of rotatable bonds is 4. The average molecular weight is 237 g/mol. The summed E-state index contributed by atoms with van der Waals surface area (Å²) in [6.07, 6.45) is 5.74. The number of aromatic nitrogens is 2. The molecule has 1 heterocycles. The van der Waals surface area contributed by atoms with E-state index < -0.39 is 0 Å². The highest BCUT2D eigenvalue weighted by Gasteiger charge is 1.98. The van der Waals surface area contributed by atoms with Crippen LogP contribution in [0.3, 0.4) is 0 Å². The Morgan fingerprint density at radius 1 is 1.25 bits per heavy atom. The Bertz CT molecular complexity index is 448. The zero-order valence-corrected chi connectivity index (χ0v) is 9.78. The summed E-state index contributed by atoms with van der Waals surface area (Å²) in [4.78, 5) is 3.98. The van der Waals surface area contributed by atoms with Crippen LogP contribution in [0.1, 0.15) is 12.0 Å². The van der Waals surface area contributed by atoms with E-state index >= 15 is 0 Å². The molecular weight excluding hydrogens is 222 g/mol. The maximum Gasteiger partial charge on any atom is 0.225 e. The molecule has 0 aliphatic rings. The van der Waals surface area contributed by atoms with Crippen LogP contribution in [-0.4, -0.2) is 9.55 Å². The number of halogens is 1. The Morgan fingerprint density at radius 3 is 2.62 bits per heavy atom. The van der Waals surface area contributed by atoms with E-state index in [0.29, 0.717) is 5.82 Å². The van der Waals surface area contributed by atoms with Gasteiger partial charge in [-0.1, -0.05) is 12.1 Å². The molecule has 2 aromatic rings. The lowest BCUT2D eigenvalue weighted by Crippen LogP contribution is -1.96. The number of aryl methyl sites for hydroxylation is 2. The summed E-state index contributed by atoms with van der Waals surface area (Å²) < 4.78 is 2.01. The first-order valence-corrected chi connectivity index (χ1v) is 5.68. The second kappa shape index (κ2) is 5.03. The first-order valence-electron chi connectivity index (χ1n) is 5.27. The van der Waals surface area contributed by atoms with Gasteiger partial charge in [0.05, 0.1) is 6.33 Å². The minimum atomic E-state index is 0.579. The minimum Gasteiger partial charge on any atom is -0.382 e. The molecule has 0 aliphatic heterocycles. The molecule has 0 saturated carbocycles. The van der Waals surface area contributed by atoms with Gasteiger partial charge >= 0.3 is 0 Å². The van der Waals surface area contributed by atoms with Crippen LogP contribution in [0.5, 0.6) is 0 Å². The van der Waals surface area contributed by atoms with E-state index in [2.05, 4.69) is 17.1 Å². The lowest BCUT2D eigenvalue weighted by Gasteiger charge is -2.02. The maximum absolute atomic E-state index is 5.53. The quantitative estimate of drug-likeness (QED) is 0.880. The fourth-order valence-electron chi connectivity index (χ4n) is 1.62. The summed E-state index contributed by atoms with van der Waals surface area (Å²) in [7, 11) is 0. The predicted molar refractivity (Wildman–Crippen MR) is 62.0 cm³/mol. The molecule has 1 aromatic carbocycles. The van der Waals surface area contributed by atoms with Crippen LogP contribution in [0, 0.1) is 11.6 Å². The third-order valence-corrected chi connectivity index (χ3v) is 2.73. The fraction of sp³-hybridized carbons (Fsp3) is 0.250. The summed E-state index contributed by atoms with van der Waals surface area (Å²) in [5.74, 6) is 0.579. The molecule has 0 fully saturated rings. The first-order chi connectivity index (χ1) is 7.74. The van der Waals surface area contributed by atoms with Crippen molar-refractivity contribution in [3.05, 3.63) is 47.4 Å². The number of anilines is 1. The van der Waals surface area contributed by atoms with Gasteiger partial charge in [0.15, 0.2) is 11.6 Å². The number of nitrogens with zero attached hydrogens (tertiary/aromatic N) is 2. The topological polar surface area (TPSA) is 43.8 Å². The van der Waals surface area contributed by atoms with Crippen molar-refractivity contribution < 1.29 is 11.6 Å². The molecule has 84 valence electrons. The SMILES string of the molecule is Nc1cn(CCCc2ccc([ClH+])cc2)cn1. The van der Waals surface area contributed by atoms with Gasteiger partial charge in [0.25, 0.3) is 0 Å². The van der Waals surface area contributed by atoms with Gasteiger partial charge in [-0.15, -0.1) is 0 Å². The van der Waals surface area contributed by atoms with E-state index in [-0.39, 0.29) is 0 Å². The van der Waals surface area contributed by atoms with E-state index in [0.717, 1.165) is 24.4 Å². The van der Waals surface area contributed by atoms with Gasteiger partial charge in [0.1, 0.15) is 5.82 Å². The van der Waals surface area contributed by atoms with Gasteiger partial charge in [-0.2, -0.15) is 0 Å². The van der Waals surface area contributed by atoms with Crippen molar-refractivity contribution >= 4 is 5.82 Å². The predicted octanol–water partition coefficient (Wildman–Crippen LogP) is 1.79. The summed E-state index contributed by atoms with van der Waals surface area (Å²) in [5.41, 5.74) is 6.86. The van der Waals surface area contributed by atoms with Crippen molar-refractivity contribution in [2.45, 2.75) is 19.4 Å². The Kier molecular flexibility index (Phi) is 3.47. The highest BCUT2D eigenvalue weighted by molar-refractivity contribution is 5.22. The Labute approximate surface area is 99.9 Å². The van der Waals surface area contributed by atoms with E-state index in [1.54, 1.807) is 6.33 Å². The normalized spacial score (nSPS) is 10.6. The molecule has 0 atom stereocenters. The second-order valence-electron chi connectivity index (χ2n) is 3.78. The molecule has 0 saturated heterocycles. The molecule has 4 heteroatoms. The number of benzene rings is 1. The van der Waals surface area contributed by atoms with Crippen LogP contribution < -0.4 is 5.73 Å². The van der Waals surface area contributed by atoms with Crippen LogP contribution in [0.15, 0.2) is 36.8 Å². The molecule has 0 aliphatic carbocycles. The van der Waals surface area contributed by atoms with E-state index in [1.807, 2.05) is 22.9 Å². The molecule has 2 N–H and O–H groups in total. The number of nitrogen functional groups attached to an aromatic ring is 1. The van der Waals surface area contributed by atoms with Crippen molar-refractivity contribution in [3.63, 3.8) is 0 Å². The van der Waals surface area contributed by atoms with Crippen LogP contribution in [0.25, 0.3) is 0 Å². The van der Waals surface area contributed by atoms with Crippen LogP contribution in [0.2, 0.25) is 5.02 Å². The molecule has 0 bridgehead atoms. The molecular formula is C12H15ClN3+. The fourth-order valence-corrected chi connectivity index (χ4v) is 1.76. The van der Waals surface area contributed by atoms with Crippen molar-refractivity contribution in [2.24, 2.45) is 0 Å². The molecule has 2 rings (SSSR count). The zero-order chi connectivity index (χ0) is 11.4. The first kappa shape index (κ1) is 11.0. The molecule has 0 unspecified atom stereocenters. The van der Waals surface area contributed by atoms with Gasteiger partial charge in [0, 0.05) is 24.9 Å². The van der Waals surface area contributed by atoms with Crippen molar-refractivity contribution in [2.75, 3.05) is 5.73 Å². The van der Waals surface area contributed by atoms with Crippen LogP contribution >= 0.6 is 0 Å². The van der Waals surface area contributed by atoms with E-state index in [9.17, 15) is 0 Å². The molecule has 0 amide bonds. The number of hydrogen-bond donors (Lipinski definition) is 1. The Hall–Kier alpha value is -1.48. The van der Waals surface area contributed by atoms with Gasteiger partial charge < -0.3 is 10.3 Å². The van der Waals surface area contributed by atoms with Crippen molar-refractivity contribution in [1.82, 2.24) is 9.55 Å². The van der Waals surface area contributed by atoms with Crippen molar-refractivity contribution in [3.8, 4) is 0 Å². The largest absolute Gasteiger partial charge is 0.382 e. The molecule has 0 radical (unpaired) electrons. The molecule has 1 aromatic heterocycles. The lowest BCUT2D eigenvalue weighted by molar-refractivity contribution is -0.288. The Morgan fingerprint density at radius 2 is 2.00 bits per heavy atom. The standard InChI is InChI=1S/C12H15ClN3/c13-11-5-3-10(4-6-11)2-1-7-16-8-12(14)15-9-16/h3-6,8-9,13H,1-2,7,14H2/q+1. The number of nitrogens with two attached hydrogens (primary N) is 1.